The molecule has 0 bridgehead atoms. The number of hydrogen-bond donors (Lipinski definition) is 0. The van der Waals surface area contributed by atoms with Crippen LogP contribution in [0.3, 0.4) is 0 Å². The molecule has 0 spiro atoms. The molecule has 0 saturated heterocycles. The summed E-state index contributed by atoms with van der Waals surface area (Å²) in [5.74, 6) is -0.817. The van der Waals surface area contributed by atoms with Gasteiger partial charge in [-0.2, -0.15) is 0 Å². The van der Waals surface area contributed by atoms with Gasteiger partial charge in [0.25, 0.3) is 7.82 Å². The van der Waals surface area contributed by atoms with Gasteiger partial charge in [0.05, 0.1) is 27.7 Å². The number of likely N-dealkylation sites (N-methyl/N-ethyl adjacent to an activating group) is 1. The third-order valence-corrected chi connectivity index (χ3v) is 15.7. The molecule has 2 atom stereocenters. The number of nitrogens with zero attached hydrogens (tertiary/aromatic N) is 1. The molecule has 0 amide bonds. The summed E-state index contributed by atoms with van der Waals surface area (Å²) >= 11 is 0. The Morgan fingerprint density at radius 1 is 0.400 bits per heavy atom. The van der Waals surface area contributed by atoms with E-state index in [9.17, 15) is 19.0 Å². The summed E-state index contributed by atoms with van der Waals surface area (Å²) in [5.41, 5.74) is 0. The Balaban J connectivity index is 3.95. The second-order valence-corrected chi connectivity index (χ2v) is 25.2. The predicted molar refractivity (Wildman–Crippen MR) is 342 cm³/mol. The molecular formula is C70H128NO8P. The molecule has 0 saturated carbocycles. The average Bonchev–Trinajstić information content (AvgIpc) is 3.42. The van der Waals surface area contributed by atoms with Gasteiger partial charge in [-0.25, -0.2) is 0 Å². The topological polar surface area (TPSA) is 111 Å². The van der Waals surface area contributed by atoms with Gasteiger partial charge in [0.2, 0.25) is 0 Å². The van der Waals surface area contributed by atoms with Crippen LogP contribution in [0.15, 0.2) is 72.9 Å². The first-order valence-corrected chi connectivity index (χ1v) is 35.1. The molecule has 0 aliphatic heterocycles. The van der Waals surface area contributed by atoms with Crippen LogP contribution in [0.2, 0.25) is 0 Å². The molecule has 9 nitrogen and oxygen atoms in total. The molecule has 80 heavy (non-hydrogen) atoms. The number of carbonyl (C=O) groups is 2. The largest absolute Gasteiger partial charge is 0.756 e. The average molecular weight is 1140 g/mol. The zero-order chi connectivity index (χ0) is 58.4. The monoisotopic (exact) mass is 1140 g/mol. The summed E-state index contributed by atoms with van der Waals surface area (Å²) in [6, 6.07) is 0. The maximum Gasteiger partial charge on any atom is 0.306 e. The minimum absolute atomic E-state index is 0.0291. The Labute approximate surface area is 495 Å². The lowest BCUT2D eigenvalue weighted by Crippen LogP contribution is -2.37. The molecule has 0 radical (unpaired) electrons. The first-order chi connectivity index (χ1) is 39.0. The first kappa shape index (κ1) is 77.5. The number of phosphoric ester groups is 1. The van der Waals surface area contributed by atoms with E-state index >= 15 is 0 Å². The van der Waals surface area contributed by atoms with Gasteiger partial charge < -0.3 is 27.9 Å². The van der Waals surface area contributed by atoms with Gasteiger partial charge in [-0.1, -0.05) is 305 Å². The molecule has 0 aromatic rings. The molecular weight excluding hydrogens is 1010 g/mol. The number of allylic oxidation sites excluding steroid dienone is 12. The third kappa shape index (κ3) is 64.6. The van der Waals surface area contributed by atoms with Gasteiger partial charge in [-0.05, 0) is 64.2 Å². The van der Waals surface area contributed by atoms with Gasteiger partial charge in [0.1, 0.15) is 19.8 Å². The van der Waals surface area contributed by atoms with Crippen molar-refractivity contribution < 1.29 is 42.1 Å². The minimum Gasteiger partial charge on any atom is -0.756 e. The SMILES string of the molecule is CC/C=C\C/C=C\C/C=C\C/C=C\C/C=C\C/C=C\CCCCCCCCCCCCCCCCCCCCCCC(=O)OC(COC(=O)CCCCCCCCCCCCCCCCCCC)COP(=O)([O-])OCC[N+](C)(C)C. The molecule has 0 aromatic heterocycles. The van der Waals surface area contributed by atoms with E-state index < -0.39 is 26.5 Å². The van der Waals surface area contributed by atoms with Crippen LogP contribution in [-0.2, 0) is 32.7 Å². The maximum absolute atomic E-state index is 12.8. The Kier molecular flexibility index (Phi) is 59.1. The summed E-state index contributed by atoms with van der Waals surface area (Å²) in [5, 5.41) is 0. The molecule has 466 valence electrons. The summed E-state index contributed by atoms with van der Waals surface area (Å²) in [4.78, 5) is 37.9. The maximum atomic E-state index is 12.8. The van der Waals surface area contributed by atoms with E-state index in [1.165, 1.54) is 199 Å². The molecule has 0 aliphatic rings. The minimum atomic E-state index is -4.64. The normalized spacial score (nSPS) is 13.6. The number of quaternary nitrogens is 1. The van der Waals surface area contributed by atoms with Gasteiger partial charge in [-0.15, -0.1) is 0 Å². The second-order valence-electron chi connectivity index (χ2n) is 23.8. The zero-order valence-corrected chi connectivity index (χ0v) is 53.9. The van der Waals surface area contributed by atoms with Crippen molar-refractivity contribution in [3.05, 3.63) is 72.9 Å². The van der Waals surface area contributed by atoms with E-state index in [-0.39, 0.29) is 32.0 Å². The lowest BCUT2D eigenvalue weighted by Gasteiger charge is -2.28. The summed E-state index contributed by atoms with van der Waals surface area (Å²) in [6.45, 7) is 4.17. The van der Waals surface area contributed by atoms with Gasteiger partial charge >= 0.3 is 11.9 Å². The van der Waals surface area contributed by atoms with Crippen LogP contribution in [0.25, 0.3) is 0 Å². The molecule has 2 unspecified atom stereocenters. The van der Waals surface area contributed by atoms with Crippen molar-refractivity contribution in [2.45, 2.75) is 315 Å². The van der Waals surface area contributed by atoms with Crippen molar-refractivity contribution in [2.24, 2.45) is 0 Å². The van der Waals surface area contributed by atoms with Crippen LogP contribution in [0, 0.1) is 0 Å². The van der Waals surface area contributed by atoms with Crippen molar-refractivity contribution in [3.63, 3.8) is 0 Å². The van der Waals surface area contributed by atoms with Gasteiger partial charge in [-0.3, -0.25) is 14.2 Å². The van der Waals surface area contributed by atoms with E-state index in [1.807, 2.05) is 21.1 Å². The summed E-state index contributed by atoms with van der Waals surface area (Å²) in [6.07, 6.45) is 81.2. The van der Waals surface area contributed by atoms with Crippen molar-refractivity contribution in [1.82, 2.24) is 0 Å². The first-order valence-electron chi connectivity index (χ1n) is 33.6. The standard InChI is InChI=1S/C70H128NO8P/c1-6-8-10-12-14-16-18-20-22-24-25-26-27-28-29-30-31-32-33-34-35-36-37-38-39-40-41-42-43-44-45-47-49-51-53-55-57-59-61-63-70(73)79-68(67-78-80(74,75)77-65-64-71(3,4)5)66-76-69(72)62-60-58-56-54-52-50-48-46-23-21-19-17-15-13-11-9-7-2/h8,10,14,16,20,22,25-26,28-29,31-32,68H,6-7,9,11-13,15,17-19,21,23-24,27,30,33-67H2,1-5H3/b10-8-,16-14-,22-20-,26-25-,29-28-,32-31-. The second kappa shape index (κ2) is 61.0. The summed E-state index contributed by atoms with van der Waals surface area (Å²) in [7, 11) is 1.18. The van der Waals surface area contributed by atoms with Crippen LogP contribution in [-0.4, -0.2) is 70.0 Å². The number of esters is 2. The van der Waals surface area contributed by atoms with Crippen LogP contribution in [0.1, 0.15) is 309 Å². The fraction of sp³-hybridized carbons (Fsp3) is 0.800. The number of carbonyl (C=O) groups excluding carboxylic acids is 2. The smallest absolute Gasteiger partial charge is 0.306 e. The molecule has 0 N–H and O–H groups in total. The van der Waals surface area contributed by atoms with E-state index in [1.54, 1.807) is 0 Å². The number of ether oxygens (including phenoxy) is 2. The van der Waals surface area contributed by atoms with E-state index in [4.69, 9.17) is 18.5 Å². The molecule has 0 heterocycles. The fourth-order valence-corrected chi connectivity index (χ4v) is 10.3. The van der Waals surface area contributed by atoms with Crippen LogP contribution in [0.4, 0.5) is 0 Å². The van der Waals surface area contributed by atoms with Gasteiger partial charge in [0.15, 0.2) is 6.10 Å². The van der Waals surface area contributed by atoms with E-state index in [2.05, 4.69) is 86.8 Å². The van der Waals surface area contributed by atoms with E-state index in [0.29, 0.717) is 17.4 Å². The van der Waals surface area contributed by atoms with Crippen molar-refractivity contribution >= 4 is 19.8 Å². The lowest BCUT2D eigenvalue weighted by atomic mass is 10.0. The molecule has 0 rings (SSSR count). The summed E-state index contributed by atoms with van der Waals surface area (Å²) < 4.78 is 34.2. The molecule has 0 aromatic carbocycles. The molecule has 0 fully saturated rings. The van der Waals surface area contributed by atoms with Crippen molar-refractivity contribution in [2.75, 3.05) is 47.5 Å². The van der Waals surface area contributed by atoms with Crippen LogP contribution < -0.4 is 4.89 Å². The Hall–Kier alpha value is -2.55. The van der Waals surface area contributed by atoms with E-state index in [0.717, 1.165) is 77.0 Å². The highest BCUT2D eigenvalue weighted by Gasteiger charge is 2.22. The zero-order valence-electron chi connectivity index (χ0n) is 53.0. The lowest BCUT2D eigenvalue weighted by molar-refractivity contribution is -0.870. The molecule has 10 heteroatoms. The number of unbranched alkanes of at least 4 members (excludes halogenated alkanes) is 36. The Morgan fingerprint density at radius 3 is 1.06 bits per heavy atom. The predicted octanol–water partition coefficient (Wildman–Crippen LogP) is 21.0. The number of phosphoric acid groups is 1. The quantitative estimate of drug-likeness (QED) is 0.0195. The Bertz CT molecular complexity index is 1580. The fourth-order valence-electron chi connectivity index (χ4n) is 9.60. The highest BCUT2D eigenvalue weighted by atomic mass is 31.2. The third-order valence-electron chi connectivity index (χ3n) is 14.7. The highest BCUT2D eigenvalue weighted by molar-refractivity contribution is 7.45. The number of rotatable bonds is 62. The number of hydrogen-bond acceptors (Lipinski definition) is 8. The van der Waals surface area contributed by atoms with Crippen LogP contribution in [0.5, 0.6) is 0 Å². The van der Waals surface area contributed by atoms with Crippen LogP contribution >= 0.6 is 7.82 Å². The van der Waals surface area contributed by atoms with Crippen molar-refractivity contribution in [3.8, 4) is 0 Å². The highest BCUT2D eigenvalue weighted by Crippen LogP contribution is 2.38. The Morgan fingerprint density at radius 2 is 0.713 bits per heavy atom. The van der Waals surface area contributed by atoms with Gasteiger partial charge in [0, 0.05) is 12.8 Å². The van der Waals surface area contributed by atoms with Crippen molar-refractivity contribution in [1.29, 1.82) is 0 Å². The molecule has 0 aliphatic carbocycles.